The molecule has 0 aliphatic rings. The molecule has 2 nitrogen and oxygen atoms in total. The molecule has 0 aromatic heterocycles. The second-order valence-corrected chi connectivity index (χ2v) is 2.55. The van der Waals surface area contributed by atoms with Crippen LogP contribution < -0.4 is 0 Å². The molecule has 1 atom stereocenters. The summed E-state index contributed by atoms with van der Waals surface area (Å²) in [7, 11) is 8.59. The van der Waals surface area contributed by atoms with Crippen LogP contribution in [0.4, 0.5) is 0 Å². The summed E-state index contributed by atoms with van der Waals surface area (Å²) in [6.07, 6.45) is 0. The fraction of sp³-hybridized carbons (Fsp3) is 1.00. The Morgan fingerprint density at radius 3 is 2.38 bits per heavy atom. The molecule has 0 spiro atoms. The molecule has 0 fully saturated rings. The fourth-order valence-corrected chi connectivity index (χ4v) is 0.948. The van der Waals surface area contributed by atoms with Gasteiger partial charge in [-0.25, -0.2) is 0 Å². The molecular weight excluding hydrogens is 174 g/mol. The first-order chi connectivity index (χ1) is 3.85. The van der Waals surface area contributed by atoms with Crippen molar-refractivity contribution in [2.75, 3.05) is 20.8 Å². The Morgan fingerprint density at radius 2 is 2.25 bits per heavy atom. The standard InChI is InChI=1S/C4H9O2.ClH.Ni/c1-5-3-4-6-2;;/h3H,4H2,1-2H3;1H;/q;;+1/p-1. The Hall–Kier alpha value is 0.704. The van der Waals surface area contributed by atoms with Crippen LogP contribution in [-0.4, -0.2) is 25.9 Å². The van der Waals surface area contributed by atoms with Gasteiger partial charge in [0.05, 0.1) is 0 Å². The summed E-state index contributed by atoms with van der Waals surface area (Å²) in [5.74, 6) is 0. The van der Waals surface area contributed by atoms with Crippen molar-refractivity contribution in [1.82, 2.24) is 0 Å². The molecule has 1 unspecified atom stereocenters. The van der Waals surface area contributed by atoms with E-state index < -0.39 is 0 Å². The van der Waals surface area contributed by atoms with Gasteiger partial charge in [0.25, 0.3) is 0 Å². The van der Waals surface area contributed by atoms with Gasteiger partial charge >= 0.3 is 59.1 Å². The van der Waals surface area contributed by atoms with Gasteiger partial charge in [0, 0.05) is 0 Å². The van der Waals surface area contributed by atoms with Gasteiger partial charge in [0.2, 0.25) is 0 Å². The van der Waals surface area contributed by atoms with Crippen LogP contribution in [0.2, 0.25) is 0 Å². The van der Waals surface area contributed by atoms with E-state index in [1.54, 1.807) is 14.2 Å². The van der Waals surface area contributed by atoms with Crippen LogP contribution in [0.1, 0.15) is 0 Å². The zero-order valence-corrected chi connectivity index (χ0v) is 6.54. The average molecular weight is 183 g/mol. The molecular formula is C4H9ClNiO2. The second-order valence-electron chi connectivity index (χ2n) is 1.13. The molecule has 0 amide bonds. The number of ether oxygens (including phenoxy) is 2. The molecule has 0 aliphatic carbocycles. The van der Waals surface area contributed by atoms with Crippen LogP contribution >= 0.6 is 10.2 Å². The van der Waals surface area contributed by atoms with E-state index in [0.717, 1.165) is 13.5 Å². The summed E-state index contributed by atoms with van der Waals surface area (Å²) < 4.78 is 9.62. The summed E-state index contributed by atoms with van der Waals surface area (Å²) >= 11 is 0.962. The number of halogens is 1. The Kier molecular flexibility index (Phi) is 6.35. The molecule has 0 N–H and O–H groups in total. The first kappa shape index (κ1) is 8.70. The molecule has 0 heterocycles. The van der Waals surface area contributed by atoms with E-state index in [9.17, 15) is 0 Å². The van der Waals surface area contributed by atoms with E-state index >= 15 is 0 Å². The number of hydrogen-bond acceptors (Lipinski definition) is 2. The Balaban J connectivity index is 3.07. The van der Waals surface area contributed by atoms with Gasteiger partial charge in [-0.3, -0.25) is 0 Å². The van der Waals surface area contributed by atoms with E-state index in [1.807, 2.05) is 0 Å². The van der Waals surface area contributed by atoms with Gasteiger partial charge < -0.3 is 0 Å². The second kappa shape index (κ2) is 5.83. The van der Waals surface area contributed by atoms with E-state index in [2.05, 4.69) is 0 Å². The van der Waals surface area contributed by atoms with Gasteiger partial charge in [-0.1, -0.05) is 0 Å². The van der Waals surface area contributed by atoms with E-state index in [-0.39, 0.29) is 5.07 Å². The van der Waals surface area contributed by atoms with Gasteiger partial charge in [0.1, 0.15) is 0 Å². The molecule has 0 aliphatic heterocycles. The molecule has 8 heavy (non-hydrogen) atoms. The molecule has 0 rings (SSSR count). The minimum absolute atomic E-state index is 0.0193. The molecule has 54 valence electrons. The van der Waals surface area contributed by atoms with Crippen molar-refractivity contribution in [2.45, 2.75) is 5.07 Å². The Bertz CT molecular complexity index is 49.3. The Labute approximate surface area is 59.6 Å². The van der Waals surface area contributed by atoms with Crippen LogP contribution in [0.15, 0.2) is 0 Å². The SMILES string of the molecule is COC[CH](OC)[Ni][Cl]. The van der Waals surface area contributed by atoms with Gasteiger partial charge in [0.15, 0.2) is 0 Å². The third kappa shape index (κ3) is 3.67. The molecule has 0 aromatic carbocycles. The van der Waals surface area contributed by atoms with Crippen molar-refractivity contribution in [2.24, 2.45) is 0 Å². The minimum atomic E-state index is -0.0193. The van der Waals surface area contributed by atoms with Crippen LogP contribution in [0.25, 0.3) is 0 Å². The van der Waals surface area contributed by atoms with Crippen molar-refractivity contribution in [3.8, 4) is 0 Å². The zero-order valence-electron chi connectivity index (χ0n) is 4.80. The molecule has 4 heteroatoms. The van der Waals surface area contributed by atoms with E-state index in [1.165, 1.54) is 0 Å². The van der Waals surface area contributed by atoms with Crippen LogP contribution in [0.3, 0.4) is 0 Å². The normalized spacial score (nSPS) is 14.4. The molecule has 0 bridgehead atoms. The summed E-state index contributed by atoms with van der Waals surface area (Å²) in [4.78, 5) is 0. The topological polar surface area (TPSA) is 18.5 Å². The van der Waals surface area contributed by atoms with Gasteiger partial charge in [-0.05, 0) is 0 Å². The fourth-order valence-electron chi connectivity index (χ4n) is 0.237. The summed E-state index contributed by atoms with van der Waals surface area (Å²) in [6.45, 7) is 0.542. The quantitative estimate of drug-likeness (QED) is 0.601. The van der Waals surface area contributed by atoms with E-state index in [0.29, 0.717) is 6.61 Å². The number of methoxy groups -OCH3 is 2. The maximum absolute atomic E-state index is 5.38. The monoisotopic (exact) mass is 182 g/mol. The summed E-state index contributed by atoms with van der Waals surface area (Å²) in [6, 6.07) is 0. The number of rotatable bonds is 4. The molecule has 0 saturated heterocycles. The first-order valence-corrected chi connectivity index (χ1v) is 3.98. The van der Waals surface area contributed by atoms with Crippen molar-refractivity contribution in [1.29, 1.82) is 0 Å². The molecule has 0 saturated carbocycles. The summed E-state index contributed by atoms with van der Waals surface area (Å²) in [5.41, 5.74) is 0. The summed E-state index contributed by atoms with van der Waals surface area (Å²) in [5, 5.41) is -0.0193. The van der Waals surface area contributed by atoms with Crippen LogP contribution in [0.5, 0.6) is 0 Å². The van der Waals surface area contributed by atoms with Crippen molar-refractivity contribution < 1.29 is 23.0 Å². The zero-order chi connectivity index (χ0) is 6.41. The predicted octanol–water partition coefficient (Wildman–Crippen LogP) is 0.842. The van der Waals surface area contributed by atoms with Crippen LogP contribution in [0, 0.1) is 0 Å². The molecule has 0 radical (unpaired) electrons. The Morgan fingerprint density at radius 1 is 1.62 bits per heavy atom. The molecule has 0 aromatic rings. The average Bonchev–Trinajstić information content (AvgIpc) is 1.83. The van der Waals surface area contributed by atoms with E-state index in [4.69, 9.17) is 19.7 Å². The third-order valence-electron chi connectivity index (χ3n) is 0.606. The van der Waals surface area contributed by atoms with Gasteiger partial charge in [-0.15, -0.1) is 0 Å². The van der Waals surface area contributed by atoms with Crippen molar-refractivity contribution >= 4 is 10.2 Å². The van der Waals surface area contributed by atoms with Crippen molar-refractivity contribution in [3.05, 3.63) is 0 Å². The van der Waals surface area contributed by atoms with Crippen LogP contribution in [-0.2, 0) is 23.0 Å². The predicted molar refractivity (Wildman–Crippen MR) is 28.5 cm³/mol. The third-order valence-corrected chi connectivity index (χ3v) is 1.88. The maximum atomic E-state index is 5.38. The first-order valence-electron chi connectivity index (χ1n) is 2.05. The van der Waals surface area contributed by atoms with Crippen molar-refractivity contribution in [3.63, 3.8) is 0 Å². The number of hydrogen-bond donors (Lipinski definition) is 0. The van der Waals surface area contributed by atoms with Gasteiger partial charge in [-0.2, -0.15) is 0 Å².